The zero-order valence-corrected chi connectivity index (χ0v) is 12.7. The lowest BCUT2D eigenvalue weighted by Gasteiger charge is -2.08. The van der Waals surface area contributed by atoms with E-state index in [1.165, 1.54) is 0 Å². The van der Waals surface area contributed by atoms with Crippen molar-refractivity contribution in [2.24, 2.45) is 0 Å². The maximum atomic E-state index is 11.7. The van der Waals surface area contributed by atoms with Crippen LogP contribution in [0.5, 0.6) is 5.75 Å². The molecule has 0 saturated heterocycles. The summed E-state index contributed by atoms with van der Waals surface area (Å²) in [5, 5.41) is 2.89. The minimum absolute atomic E-state index is 0.0776. The van der Waals surface area contributed by atoms with E-state index >= 15 is 0 Å². The number of halogens is 2. The molecular weight excluding hydrogens is 379 g/mol. The van der Waals surface area contributed by atoms with E-state index < -0.39 is 0 Å². The summed E-state index contributed by atoms with van der Waals surface area (Å²) in [5.74, 6) is 0.362. The molecule has 4 nitrogen and oxygen atoms in total. The van der Waals surface area contributed by atoms with Crippen LogP contribution < -0.4 is 10.1 Å². The highest BCUT2D eigenvalue weighted by Crippen LogP contribution is 2.17. The van der Waals surface area contributed by atoms with E-state index in [-0.39, 0.29) is 17.7 Å². The lowest BCUT2D eigenvalue weighted by atomic mass is 10.3. The van der Waals surface area contributed by atoms with E-state index in [0.717, 1.165) is 3.57 Å². The largest absolute Gasteiger partial charge is 0.484 e. The summed E-state index contributed by atoms with van der Waals surface area (Å²) in [6.07, 6.45) is 1.56. The number of nitrogens with zero attached hydrogens (tertiary/aromatic N) is 1. The third-order valence-corrected chi connectivity index (χ3v) is 3.24. The van der Waals surface area contributed by atoms with Crippen molar-refractivity contribution in [1.82, 2.24) is 4.98 Å². The van der Waals surface area contributed by atoms with E-state index in [4.69, 9.17) is 16.3 Å². The molecule has 1 aromatic heterocycles. The molecule has 19 heavy (non-hydrogen) atoms. The molecule has 2 rings (SSSR count). The SMILES string of the molecule is O=C(COc1ccc(I)cc1)Nc1cccnc1Cl. The van der Waals surface area contributed by atoms with Gasteiger partial charge in [-0.15, -0.1) is 0 Å². The van der Waals surface area contributed by atoms with Crippen molar-refractivity contribution in [2.75, 3.05) is 11.9 Å². The number of nitrogens with one attached hydrogen (secondary N) is 1. The molecule has 0 fully saturated rings. The van der Waals surface area contributed by atoms with Crippen molar-refractivity contribution in [2.45, 2.75) is 0 Å². The number of aromatic nitrogens is 1. The lowest BCUT2D eigenvalue weighted by molar-refractivity contribution is -0.118. The highest BCUT2D eigenvalue weighted by Gasteiger charge is 2.06. The van der Waals surface area contributed by atoms with Crippen LogP contribution in [0.3, 0.4) is 0 Å². The topological polar surface area (TPSA) is 51.2 Å². The van der Waals surface area contributed by atoms with Gasteiger partial charge in [-0.3, -0.25) is 4.79 Å². The first-order valence-corrected chi connectivity index (χ1v) is 6.89. The fraction of sp³-hybridized carbons (Fsp3) is 0.0769. The number of ether oxygens (including phenoxy) is 1. The second-order valence-corrected chi connectivity index (χ2v) is 5.24. The zero-order chi connectivity index (χ0) is 13.7. The summed E-state index contributed by atoms with van der Waals surface area (Å²) in [6.45, 7) is -0.0776. The van der Waals surface area contributed by atoms with E-state index in [9.17, 15) is 4.79 Å². The summed E-state index contributed by atoms with van der Waals surface area (Å²) in [7, 11) is 0. The number of carbonyl (C=O) groups is 1. The molecule has 0 aliphatic carbocycles. The van der Waals surface area contributed by atoms with Crippen LogP contribution in [0.25, 0.3) is 0 Å². The number of hydrogen-bond acceptors (Lipinski definition) is 3. The maximum absolute atomic E-state index is 11.7. The molecule has 0 saturated carbocycles. The molecule has 0 radical (unpaired) electrons. The van der Waals surface area contributed by atoms with Gasteiger partial charge >= 0.3 is 0 Å². The minimum Gasteiger partial charge on any atom is -0.484 e. The van der Waals surface area contributed by atoms with Gasteiger partial charge in [-0.05, 0) is 59.0 Å². The molecule has 1 heterocycles. The van der Waals surface area contributed by atoms with E-state index in [1.807, 2.05) is 24.3 Å². The van der Waals surface area contributed by atoms with Gasteiger partial charge in [0.15, 0.2) is 11.8 Å². The summed E-state index contributed by atoms with van der Waals surface area (Å²) in [6, 6.07) is 10.8. The Morgan fingerprint density at radius 2 is 2.05 bits per heavy atom. The standard InChI is InChI=1S/C13H10ClIN2O2/c14-13-11(2-1-7-16-13)17-12(18)8-19-10-5-3-9(15)4-6-10/h1-7H,8H2,(H,17,18). The monoisotopic (exact) mass is 388 g/mol. The zero-order valence-electron chi connectivity index (χ0n) is 9.77. The van der Waals surface area contributed by atoms with Crippen molar-refractivity contribution < 1.29 is 9.53 Å². The van der Waals surface area contributed by atoms with Gasteiger partial charge in [-0.1, -0.05) is 11.6 Å². The van der Waals surface area contributed by atoms with Crippen molar-refractivity contribution in [3.8, 4) is 5.75 Å². The Morgan fingerprint density at radius 1 is 1.32 bits per heavy atom. The molecule has 1 amide bonds. The lowest BCUT2D eigenvalue weighted by Crippen LogP contribution is -2.20. The summed E-state index contributed by atoms with van der Waals surface area (Å²) >= 11 is 8.04. The first-order chi connectivity index (χ1) is 9.15. The van der Waals surface area contributed by atoms with Crippen molar-refractivity contribution in [1.29, 1.82) is 0 Å². The second-order valence-electron chi connectivity index (χ2n) is 3.63. The van der Waals surface area contributed by atoms with Crippen molar-refractivity contribution in [3.05, 3.63) is 51.3 Å². The Hall–Kier alpha value is -1.34. The first-order valence-electron chi connectivity index (χ1n) is 5.44. The molecule has 98 valence electrons. The minimum atomic E-state index is -0.284. The van der Waals surface area contributed by atoms with Gasteiger partial charge in [-0.25, -0.2) is 4.98 Å². The van der Waals surface area contributed by atoms with Gasteiger partial charge in [0.05, 0.1) is 5.69 Å². The Kier molecular flexibility index (Phi) is 4.98. The van der Waals surface area contributed by atoms with Gasteiger partial charge < -0.3 is 10.1 Å². The molecule has 0 atom stereocenters. The van der Waals surface area contributed by atoms with Crippen LogP contribution in [0.4, 0.5) is 5.69 Å². The molecule has 0 aliphatic rings. The molecule has 0 spiro atoms. The van der Waals surface area contributed by atoms with Crippen LogP contribution in [-0.2, 0) is 4.79 Å². The third kappa shape index (κ3) is 4.36. The average Bonchev–Trinajstić information content (AvgIpc) is 2.41. The smallest absolute Gasteiger partial charge is 0.262 e. The Bertz CT molecular complexity index is 575. The Morgan fingerprint density at radius 3 is 2.74 bits per heavy atom. The van der Waals surface area contributed by atoms with Crippen LogP contribution in [-0.4, -0.2) is 17.5 Å². The number of benzene rings is 1. The number of rotatable bonds is 4. The highest BCUT2D eigenvalue weighted by atomic mass is 127. The number of carbonyl (C=O) groups excluding carboxylic acids is 1. The van der Waals surface area contributed by atoms with Crippen molar-refractivity contribution >= 4 is 45.8 Å². The number of amides is 1. The van der Waals surface area contributed by atoms with E-state index in [2.05, 4.69) is 32.9 Å². The van der Waals surface area contributed by atoms with Crippen LogP contribution in [0.2, 0.25) is 5.15 Å². The number of anilines is 1. The van der Waals surface area contributed by atoms with Gasteiger partial charge in [0, 0.05) is 9.77 Å². The Balaban J connectivity index is 1.88. The fourth-order valence-corrected chi connectivity index (χ4v) is 1.87. The summed E-state index contributed by atoms with van der Waals surface area (Å²) in [4.78, 5) is 15.6. The number of hydrogen-bond donors (Lipinski definition) is 1. The van der Waals surface area contributed by atoms with E-state index in [0.29, 0.717) is 11.4 Å². The van der Waals surface area contributed by atoms with Crippen LogP contribution >= 0.6 is 34.2 Å². The fourth-order valence-electron chi connectivity index (χ4n) is 1.35. The van der Waals surface area contributed by atoms with Gasteiger partial charge in [0.2, 0.25) is 0 Å². The highest BCUT2D eigenvalue weighted by molar-refractivity contribution is 14.1. The first kappa shape index (κ1) is 14.1. The average molecular weight is 389 g/mol. The van der Waals surface area contributed by atoms with Crippen molar-refractivity contribution in [3.63, 3.8) is 0 Å². The predicted octanol–water partition coefficient (Wildman–Crippen LogP) is 3.36. The molecule has 0 aliphatic heterocycles. The van der Waals surface area contributed by atoms with Crippen LogP contribution in [0, 0.1) is 3.57 Å². The second kappa shape index (κ2) is 6.72. The quantitative estimate of drug-likeness (QED) is 0.645. The molecular formula is C13H10ClIN2O2. The maximum Gasteiger partial charge on any atom is 0.262 e. The molecule has 1 N–H and O–H groups in total. The third-order valence-electron chi connectivity index (χ3n) is 2.22. The van der Waals surface area contributed by atoms with Crippen LogP contribution in [0.15, 0.2) is 42.6 Å². The van der Waals surface area contributed by atoms with Crippen LogP contribution in [0.1, 0.15) is 0 Å². The summed E-state index contributed by atoms with van der Waals surface area (Å²) in [5.41, 5.74) is 0.473. The van der Waals surface area contributed by atoms with Gasteiger partial charge in [-0.2, -0.15) is 0 Å². The predicted molar refractivity (Wildman–Crippen MR) is 82.5 cm³/mol. The molecule has 1 aromatic carbocycles. The normalized spacial score (nSPS) is 10.0. The summed E-state index contributed by atoms with van der Waals surface area (Å²) < 4.78 is 6.46. The molecule has 2 aromatic rings. The number of pyridine rings is 1. The molecule has 0 bridgehead atoms. The molecule has 6 heteroatoms. The van der Waals surface area contributed by atoms with Gasteiger partial charge in [0.25, 0.3) is 5.91 Å². The molecule has 0 unspecified atom stereocenters. The van der Waals surface area contributed by atoms with Gasteiger partial charge in [0.1, 0.15) is 5.75 Å². The van der Waals surface area contributed by atoms with E-state index in [1.54, 1.807) is 18.3 Å². The Labute approximate surface area is 129 Å².